The average molecular weight is 799 g/mol. The molecule has 302 valence electrons. The smallest absolute Gasteiger partial charge is 0.417 e. The molecule has 0 radical (unpaired) electrons. The predicted molar refractivity (Wildman–Crippen MR) is 233 cm³/mol. The minimum absolute atomic E-state index is 0.150. The zero-order valence-corrected chi connectivity index (χ0v) is 38.6. The number of benzene rings is 4. The molecule has 0 atom stereocenters. The summed E-state index contributed by atoms with van der Waals surface area (Å²) in [4.78, 5) is 0. The van der Waals surface area contributed by atoms with Gasteiger partial charge in [0, 0.05) is 35.1 Å². The summed E-state index contributed by atoms with van der Waals surface area (Å²) in [6, 6.07) is 17.9. The van der Waals surface area contributed by atoms with E-state index in [1.54, 1.807) is 0 Å². The Kier molecular flexibility index (Phi) is 11.8. The van der Waals surface area contributed by atoms with Crippen LogP contribution in [0.15, 0.2) is 48.5 Å². The maximum atomic E-state index is 6.86. The molecular formula is C48H64O6P2. The lowest BCUT2D eigenvalue weighted by atomic mass is 9.81. The van der Waals surface area contributed by atoms with Crippen LogP contribution in [0.4, 0.5) is 0 Å². The fraction of sp³-hybridized carbons (Fsp3) is 0.500. The topological polar surface area (TPSA) is 55.4 Å². The van der Waals surface area contributed by atoms with Crippen molar-refractivity contribution in [1.29, 1.82) is 0 Å². The second-order valence-corrected chi connectivity index (χ2v) is 22.2. The zero-order chi connectivity index (χ0) is 41.1. The predicted octanol–water partition coefficient (Wildman–Crippen LogP) is 14.0. The van der Waals surface area contributed by atoms with Crippen LogP contribution in [0, 0.1) is 27.7 Å². The largest absolute Gasteiger partial charge is 0.463 e. The molecule has 56 heavy (non-hydrogen) atoms. The van der Waals surface area contributed by atoms with Crippen molar-refractivity contribution >= 4 is 17.2 Å². The van der Waals surface area contributed by atoms with Crippen LogP contribution < -0.4 is 18.1 Å². The summed E-state index contributed by atoms with van der Waals surface area (Å²) in [5, 5.41) is 0. The van der Waals surface area contributed by atoms with Gasteiger partial charge in [-0.1, -0.05) is 154 Å². The fourth-order valence-corrected chi connectivity index (χ4v) is 9.84. The summed E-state index contributed by atoms with van der Waals surface area (Å²) >= 11 is 0. The van der Waals surface area contributed by atoms with E-state index >= 15 is 0 Å². The Balaban J connectivity index is 1.34. The molecule has 0 unspecified atom stereocenters. The highest BCUT2D eigenvalue weighted by Crippen LogP contribution is 2.54. The minimum Gasteiger partial charge on any atom is -0.417 e. The summed E-state index contributed by atoms with van der Waals surface area (Å²) in [5.74, 6) is 3.38. The summed E-state index contributed by atoms with van der Waals surface area (Å²) in [5.41, 5.74) is 13.4. The van der Waals surface area contributed by atoms with Gasteiger partial charge in [-0.2, -0.15) is 0 Å². The number of rotatable bonds is 5. The number of aryl methyl sites for hydroxylation is 4. The first-order valence-corrected chi connectivity index (χ1v) is 22.2. The normalized spacial score (nSPS) is 15.4. The molecule has 0 spiro atoms. The third-order valence-corrected chi connectivity index (χ3v) is 12.5. The number of fused-ring (bicyclic) bond motifs is 4. The van der Waals surface area contributed by atoms with E-state index in [-0.39, 0.29) is 34.9 Å². The first kappa shape index (κ1) is 42.5. The first-order valence-electron chi connectivity index (χ1n) is 20.0. The standard InChI is InChI=1S/C48H64O6P2/c1-29-19-33-27-34-20-30(2)24-38(46(8,9)10)42(34)52-55(51-41(33)37(23-29)45(5,6)7)49-17-18-50-56-53-43-35(21-31(3)25-39(43)47(11,12)13)28-36-22-32(4)26-40(44(36)54-56)48(14,15)16/h19-26H,17-18,27-28H2,1-16H3. The molecule has 6 nitrogen and oxygen atoms in total. The van der Waals surface area contributed by atoms with Crippen molar-refractivity contribution in [2.24, 2.45) is 0 Å². The third-order valence-electron chi connectivity index (χ3n) is 10.4. The van der Waals surface area contributed by atoms with Crippen molar-refractivity contribution in [3.05, 3.63) is 115 Å². The Morgan fingerprint density at radius 3 is 0.804 bits per heavy atom. The molecule has 0 saturated heterocycles. The van der Waals surface area contributed by atoms with Crippen LogP contribution in [0.2, 0.25) is 0 Å². The second-order valence-electron chi connectivity index (χ2n) is 20.0. The Hall–Kier alpha value is -3.14. The summed E-state index contributed by atoms with van der Waals surface area (Å²) in [7, 11) is -3.72. The Bertz CT molecular complexity index is 1820. The summed E-state index contributed by atoms with van der Waals surface area (Å²) < 4.78 is 40.6. The van der Waals surface area contributed by atoms with Gasteiger partial charge < -0.3 is 18.1 Å². The van der Waals surface area contributed by atoms with Gasteiger partial charge in [0.2, 0.25) is 0 Å². The molecule has 8 heteroatoms. The molecule has 2 aliphatic rings. The van der Waals surface area contributed by atoms with Gasteiger partial charge in [0.1, 0.15) is 23.0 Å². The molecule has 2 aliphatic heterocycles. The highest BCUT2D eigenvalue weighted by molar-refractivity contribution is 7.43. The molecule has 6 rings (SSSR count). The van der Waals surface area contributed by atoms with Crippen LogP contribution in [-0.4, -0.2) is 13.2 Å². The number of hydrogen-bond acceptors (Lipinski definition) is 6. The lowest BCUT2D eigenvalue weighted by Gasteiger charge is -2.33. The van der Waals surface area contributed by atoms with Gasteiger partial charge in [-0.05, 0) is 71.6 Å². The van der Waals surface area contributed by atoms with Gasteiger partial charge >= 0.3 is 17.2 Å². The fourth-order valence-electron chi connectivity index (χ4n) is 7.65. The molecule has 0 aliphatic carbocycles. The molecule has 4 aromatic rings. The van der Waals surface area contributed by atoms with Crippen LogP contribution in [-0.2, 0) is 43.5 Å². The van der Waals surface area contributed by atoms with E-state index in [0.29, 0.717) is 12.8 Å². The van der Waals surface area contributed by atoms with E-state index in [9.17, 15) is 0 Å². The highest BCUT2D eigenvalue weighted by Gasteiger charge is 2.35. The lowest BCUT2D eigenvalue weighted by Crippen LogP contribution is -2.20. The molecule has 2 heterocycles. The van der Waals surface area contributed by atoms with Crippen LogP contribution in [0.3, 0.4) is 0 Å². The molecule has 0 amide bonds. The van der Waals surface area contributed by atoms with E-state index < -0.39 is 17.2 Å². The molecule has 0 N–H and O–H groups in total. The second kappa shape index (κ2) is 15.6. The SMILES string of the molecule is Cc1cc2c(c(C(C)(C)C)c1)OP(OCCOP1Oc3c(cc(C)cc3C(C)(C)C)Cc3cc(C)cc(C(C)(C)C)c3O1)Oc1c(cc(C)cc1C(C)(C)C)C2. The molecular weight excluding hydrogens is 734 g/mol. The van der Waals surface area contributed by atoms with Gasteiger partial charge in [-0.25, -0.2) is 0 Å². The number of hydrogen-bond donors (Lipinski definition) is 0. The quantitative estimate of drug-likeness (QED) is 0.148. The maximum Gasteiger partial charge on any atom is 0.463 e. The highest BCUT2D eigenvalue weighted by atomic mass is 31.2. The van der Waals surface area contributed by atoms with Crippen molar-refractivity contribution in [3.63, 3.8) is 0 Å². The molecule has 0 saturated carbocycles. The van der Waals surface area contributed by atoms with Gasteiger partial charge in [-0.3, -0.25) is 9.05 Å². The Labute approximate surface area is 340 Å². The van der Waals surface area contributed by atoms with E-state index in [1.807, 2.05) is 0 Å². The van der Waals surface area contributed by atoms with Crippen molar-refractivity contribution in [2.45, 2.75) is 145 Å². The first-order chi connectivity index (χ1) is 25.9. The van der Waals surface area contributed by atoms with Crippen LogP contribution in [0.5, 0.6) is 23.0 Å². The molecule has 0 aromatic heterocycles. The average Bonchev–Trinajstić information content (AvgIpc) is 3.03. The molecule has 4 aromatic carbocycles. The van der Waals surface area contributed by atoms with Crippen LogP contribution >= 0.6 is 17.2 Å². The Morgan fingerprint density at radius 2 is 0.607 bits per heavy atom. The maximum absolute atomic E-state index is 6.86. The van der Waals surface area contributed by atoms with E-state index in [0.717, 1.165) is 67.5 Å². The van der Waals surface area contributed by atoms with Crippen molar-refractivity contribution in [3.8, 4) is 23.0 Å². The van der Waals surface area contributed by atoms with Crippen LogP contribution in [0.25, 0.3) is 0 Å². The monoisotopic (exact) mass is 798 g/mol. The van der Waals surface area contributed by atoms with E-state index in [1.165, 1.54) is 22.3 Å². The van der Waals surface area contributed by atoms with E-state index in [2.05, 4.69) is 159 Å². The molecule has 0 fully saturated rings. The summed E-state index contributed by atoms with van der Waals surface area (Å²) in [6.45, 7) is 35.8. The lowest BCUT2D eigenvalue weighted by molar-refractivity contribution is 0.183. The minimum atomic E-state index is -1.86. The zero-order valence-electron chi connectivity index (χ0n) is 36.8. The van der Waals surface area contributed by atoms with Crippen molar-refractivity contribution < 1.29 is 27.1 Å². The van der Waals surface area contributed by atoms with Gasteiger partial charge in [0.25, 0.3) is 0 Å². The van der Waals surface area contributed by atoms with Crippen LogP contribution in [0.1, 0.15) is 150 Å². The van der Waals surface area contributed by atoms with Crippen molar-refractivity contribution in [2.75, 3.05) is 13.2 Å². The van der Waals surface area contributed by atoms with Gasteiger partial charge in [-0.15, -0.1) is 0 Å². The third kappa shape index (κ3) is 9.42. The molecule has 0 bridgehead atoms. The Morgan fingerprint density at radius 1 is 0.393 bits per heavy atom. The summed E-state index contributed by atoms with van der Waals surface area (Å²) in [6.07, 6.45) is 1.42. The van der Waals surface area contributed by atoms with Gasteiger partial charge in [0.05, 0.1) is 13.2 Å². The van der Waals surface area contributed by atoms with E-state index in [4.69, 9.17) is 27.1 Å². The van der Waals surface area contributed by atoms with Crippen molar-refractivity contribution in [1.82, 2.24) is 0 Å². The van der Waals surface area contributed by atoms with Gasteiger partial charge in [0.15, 0.2) is 0 Å².